The quantitative estimate of drug-likeness (QED) is 0.514. The van der Waals surface area contributed by atoms with E-state index in [1.165, 1.54) is 0 Å². The summed E-state index contributed by atoms with van der Waals surface area (Å²) in [6.45, 7) is 2.23. The van der Waals surface area contributed by atoms with Crippen molar-refractivity contribution in [3.8, 4) is 0 Å². The van der Waals surface area contributed by atoms with Crippen LogP contribution in [0.4, 0.5) is 5.69 Å². The van der Waals surface area contributed by atoms with Gasteiger partial charge in [0.25, 0.3) is 5.91 Å². The largest absolute Gasteiger partial charge is 0.398 e. The normalized spacial score (nSPS) is 9.94. The zero-order valence-electron chi connectivity index (χ0n) is 9.82. The van der Waals surface area contributed by atoms with Crippen LogP contribution < -0.4 is 16.8 Å². The lowest BCUT2D eigenvalue weighted by atomic mass is 10.1. The highest BCUT2D eigenvalue weighted by Crippen LogP contribution is 2.15. The van der Waals surface area contributed by atoms with Crippen LogP contribution in [-0.4, -0.2) is 18.4 Å². The first-order valence-electron chi connectivity index (χ1n) is 5.44. The first kappa shape index (κ1) is 13.0. The Morgan fingerprint density at radius 3 is 2.71 bits per heavy atom. The second-order valence-electron chi connectivity index (χ2n) is 3.85. The maximum Gasteiger partial charge on any atom is 0.251 e. The molecule has 0 aliphatic heterocycles. The molecule has 5 nitrogen and oxygen atoms in total. The summed E-state index contributed by atoms with van der Waals surface area (Å²) in [4.78, 5) is 22.3. The van der Waals surface area contributed by atoms with E-state index >= 15 is 0 Å². The number of primary amides is 1. The van der Waals surface area contributed by atoms with Crippen LogP contribution in [0.15, 0.2) is 18.2 Å². The predicted molar refractivity (Wildman–Crippen MR) is 66.4 cm³/mol. The fourth-order valence-corrected chi connectivity index (χ4v) is 1.46. The molecule has 0 fully saturated rings. The highest BCUT2D eigenvalue weighted by molar-refractivity contribution is 5.96. The van der Waals surface area contributed by atoms with Crippen LogP contribution in [-0.2, 0) is 4.79 Å². The molecule has 0 aliphatic rings. The Labute approximate surface area is 100 Å². The van der Waals surface area contributed by atoms with Gasteiger partial charge in [0.2, 0.25) is 5.91 Å². The molecule has 2 amide bonds. The molecule has 5 N–H and O–H groups in total. The first-order valence-corrected chi connectivity index (χ1v) is 5.44. The van der Waals surface area contributed by atoms with Crippen molar-refractivity contribution in [3.05, 3.63) is 29.3 Å². The molecule has 0 bridgehead atoms. The third kappa shape index (κ3) is 3.79. The van der Waals surface area contributed by atoms with E-state index in [1.54, 1.807) is 25.1 Å². The monoisotopic (exact) mass is 235 g/mol. The molecule has 0 saturated carbocycles. The van der Waals surface area contributed by atoms with Gasteiger partial charge in [-0.25, -0.2) is 0 Å². The molecule has 0 spiro atoms. The fourth-order valence-electron chi connectivity index (χ4n) is 1.46. The zero-order chi connectivity index (χ0) is 12.8. The summed E-state index contributed by atoms with van der Waals surface area (Å²) in [6.07, 6.45) is 0.818. The number of carbonyl (C=O) groups excluding carboxylic acids is 2. The van der Waals surface area contributed by atoms with Crippen molar-refractivity contribution in [2.24, 2.45) is 5.73 Å². The Hall–Kier alpha value is -2.04. The summed E-state index contributed by atoms with van der Waals surface area (Å²) in [5.41, 5.74) is 12.6. The van der Waals surface area contributed by atoms with Gasteiger partial charge in [-0.2, -0.15) is 0 Å². The van der Waals surface area contributed by atoms with Crippen molar-refractivity contribution in [1.82, 2.24) is 5.32 Å². The molecule has 0 aliphatic carbocycles. The van der Waals surface area contributed by atoms with E-state index in [4.69, 9.17) is 11.5 Å². The minimum atomic E-state index is -0.362. The van der Waals surface area contributed by atoms with Gasteiger partial charge in [0, 0.05) is 24.2 Å². The summed E-state index contributed by atoms with van der Waals surface area (Å²) in [5.74, 6) is -0.543. The van der Waals surface area contributed by atoms with Crippen LogP contribution in [0.25, 0.3) is 0 Å². The fraction of sp³-hybridized carbons (Fsp3) is 0.333. The molecule has 0 aromatic heterocycles. The predicted octanol–water partition coefficient (Wildman–Crippen LogP) is 0.573. The van der Waals surface area contributed by atoms with E-state index in [-0.39, 0.29) is 18.2 Å². The maximum atomic E-state index is 11.8. The van der Waals surface area contributed by atoms with Gasteiger partial charge >= 0.3 is 0 Å². The first-order chi connectivity index (χ1) is 8.02. The number of nitrogens with two attached hydrogens (primary N) is 2. The molecule has 5 heteroatoms. The Morgan fingerprint density at radius 2 is 2.06 bits per heavy atom. The van der Waals surface area contributed by atoms with Gasteiger partial charge in [-0.3, -0.25) is 9.59 Å². The SMILES string of the molecule is Cc1c(N)cccc1C(=O)NCCCC(N)=O. The standard InChI is InChI=1S/C12H17N3O2/c1-8-9(4-2-5-10(8)13)12(17)15-7-3-6-11(14)16/h2,4-5H,3,6-7,13H2,1H3,(H2,14,16)(H,15,17). The van der Waals surface area contributed by atoms with Gasteiger partial charge in [-0.1, -0.05) is 6.07 Å². The Kier molecular flexibility index (Phi) is 4.51. The molecular formula is C12H17N3O2. The molecule has 17 heavy (non-hydrogen) atoms. The lowest BCUT2D eigenvalue weighted by molar-refractivity contribution is -0.118. The van der Waals surface area contributed by atoms with Crippen LogP contribution >= 0.6 is 0 Å². The van der Waals surface area contributed by atoms with Crippen molar-refractivity contribution in [3.63, 3.8) is 0 Å². The third-order valence-electron chi connectivity index (χ3n) is 2.51. The minimum absolute atomic E-state index is 0.181. The lowest BCUT2D eigenvalue weighted by Gasteiger charge is -2.08. The number of rotatable bonds is 5. The summed E-state index contributed by atoms with van der Waals surface area (Å²) in [7, 11) is 0. The Morgan fingerprint density at radius 1 is 1.35 bits per heavy atom. The van der Waals surface area contributed by atoms with Crippen molar-refractivity contribution in [2.75, 3.05) is 12.3 Å². The average molecular weight is 235 g/mol. The third-order valence-corrected chi connectivity index (χ3v) is 2.51. The number of carbonyl (C=O) groups is 2. The number of hydrogen-bond donors (Lipinski definition) is 3. The lowest BCUT2D eigenvalue weighted by Crippen LogP contribution is -2.26. The molecule has 1 aromatic rings. The van der Waals surface area contributed by atoms with Crippen molar-refractivity contribution >= 4 is 17.5 Å². The van der Waals surface area contributed by atoms with Crippen molar-refractivity contribution in [2.45, 2.75) is 19.8 Å². The Bertz CT molecular complexity index is 430. The zero-order valence-corrected chi connectivity index (χ0v) is 9.82. The highest BCUT2D eigenvalue weighted by atomic mass is 16.2. The molecule has 0 atom stereocenters. The maximum absolute atomic E-state index is 11.8. The summed E-state index contributed by atoms with van der Waals surface area (Å²) in [6, 6.07) is 5.20. The number of amides is 2. The Balaban J connectivity index is 2.53. The second-order valence-corrected chi connectivity index (χ2v) is 3.85. The van der Waals surface area contributed by atoms with E-state index in [0.29, 0.717) is 24.2 Å². The van der Waals surface area contributed by atoms with Gasteiger partial charge in [0.05, 0.1) is 0 Å². The van der Waals surface area contributed by atoms with E-state index in [0.717, 1.165) is 5.56 Å². The summed E-state index contributed by atoms with van der Waals surface area (Å²) >= 11 is 0. The topological polar surface area (TPSA) is 98.2 Å². The van der Waals surface area contributed by atoms with Crippen molar-refractivity contribution in [1.29, 1.82) is 0 Å². The molecular weight excluding hydrogens is 218 g/mol. The summed E-state index contributed by atoms with van der Waals surface area (Å²) < 4.78 is 0. The van der Waals surface area contributed by atoms with E-state index in [2.05, 4.69) is 5.32 Å². The number of hydrogen-bond acceptors (Lipinski definition) is 3. The van der Waals surface area contributed by atoms with Crippen LogP contribution in [0.3, 0.4) is 0 Å². The minimum Gasteiger partial charge on any atom is -0.398 e. The van der Waals surface area contributed by atoms with E-state index in [1.807, 2.05) is 0 Å². The van der Waals surface area contributed by atoms with E-state index < -0.39 is 0 Å². The number of anilines is 1. The van der Waals surface area contributed by atoms with Gasteiger partial charge in [0.15, 0.2) is 0 Å². The highest BCUT2D eigenvalue weighted by Gasteiger charge is 2.09. The van der Waals surface area contributed by atoms with Crippen LogP contribution in [0.1, 0.15) is 28.8 Å². The number of benzene rings is 1. The smallest absolute Gasteiger partial charge is 0.251 e. The van der Waals surface area contributed by atoms with Crippen molar-refractivity contribution < 1.29 is 9.59 Å². The molecule has 1 aromatic carbocycles. The van der Waals surface area contributed by atoms with Crippen LogP contribution in [0, 0.1) is 6.92 Å². The van der Waals surface area contributed by atoms with Gasteiger partial charge in [-0.15, -0.1) is 0 Å². The molecule has 1 rings (SSSR count). The van der Waals surface area contributed by atoms with Gasteiger partial charge < -0.3 is 16.8 Å². The molecule has 0 radical (unpaired) electrons. The molecule has 0 saturated heterocycles. The van der Waals surface area contributed by atoms with Gasteiger partial charge in [-0.05, 0) is 31.0 Å². The van der Waals surface area contributed by atoms with E-state index in [9.17, 15) is 9.59 Å². The summed E-state index contributed by atoms with van der Waals surface area (Å²) in [5, 5.41) is 2.72. The second kappa shape index (κ2) is 5.89. The van der Waals surface area contributed by atoms with Crippen LogP contribution in [0.2, 0.25) is 0 Å². The molecule has 92 valence electrons. The number of nitrogens with one attached hydrogen (secondary N) is 1. The molecule has 0 unspecified atom stereocenters. The van der Waals surface area contributed by atoms with Crippen LogP contribution in [0.5, 0.6) is 0 Å². The number of nitrogen functional groups attached to an aromatic ring is 1. The van der Waals surface area contributed by atoms with Gasteiger partial charge in [0.1, 0.15) is 0 Å². The average Bonchev–Trinajstić information content (AvgIpc) is 2.27. The molecule has 0 heterocycles.